The minimum absolute atomic E-state index is 0.0181. The van der Waals surface area contributed by atoms with Crippen LogP contribution in [0.25, 0.3) is 11.1 Å². The molecule has 1 amide bonds. The third kappa shape index (κ3) is 3.76. The molecular weight excluding hydrogens is 414 g/mol. The Labute approximate surface area is 194 Å². The number of hydrogen-bond acceptors (Lipinski definition) is 4. The van der Waals surface area contributed by atoms with E-state index in [0.717, 1.165) is 24.2 Å². The van der Waals surface area contributed by atoms with Crippen LogP contribution >= 0.6 is 0 Å². The van der Waals surface area contributed by atoms with Gasteiger partial charge in [-0.1, -0.05) is 60.7 Å². The number of likely N-dealkylation sites (tertiary alicyclic amines) is 1. The van der Waals surface area contributed by atoms with Crippen LogP contribution in [-0.2, 0) is 10.3 Å². The van der Waals surface area contributed by atoms with Gasteiger partial charge in [0.15, 0.2) is 0 Å². The molecule has 1 aliphatic carbocycles. The number of methoxy groups -OCH3 is 1. The highest BCUT2D eigenvalue weighted by molar-refractivity contribution is 5.79. The van der Waals surface area contributed by atoms with Crippen molar-refractivity contribution in [2.45, 2.75) is 37.3 Å². The highest BCUT2D eigenvalue weighted by atomic mass is 16.6. The highest BCUT2D eigenvalue weighted by Gasteiger charge is 2.43. The first-order valence-electron chi connectivity index (χ1n) is 11.5. The number of ether oxygens (including phenoxy) is 2. The molecule has 2 unspecified atom stereocenters. The second-order valence-corrected chi connectivity index (χ2v) is 9.03. The van der Waals surface area contributed by atoms with Crippen LogP contribution in [0.2, 0.25) is 0 Å². The number of benzene rings is 3. The van der Waals surface area contributed by atoms with Gasteiger partial charge in [0, 0.05) is 12.5 Å². The van der Waals surface area contributed by atoms with E-state index in [4.69, 9.17) is 9.47 Å². The Balaban J connectivity index is 1.33. The monoisotopic (exact) mass is 443 g/mol. The first-order chi connectivity index (χ1) is 16.0. The lowest BCUT2D eigenvalue weighted by Crippen LogP contribution is -2.48. The molecule has 2 atom stereocenters. The minimum atomic E-state index is -1.19. The van der Waals surface area contributed by atoms with Gasteiger partial charge in [-0.05, 0) is 59.7 Å². The summed E-state index contributed by atoms with van der Waals surface area (Å²) in [5.41, 5.74) is 4.36. The lowest BCUT2D eigenvalue weighted by Gasteiger charge is -2.36. The number of fused-ring (bicyclic) bond motifs is 3. The molecule has 2 aliphatic rings. The number of carbonyl (C=O) groups excluding carboxylic acids is 1. The molecule has 33 heavy (non-hydrogen) atoms. The van der Waals surface area contributed by atoms with Crippen molar-refractivity contribution in [3.63, 3.8) is 0 Å². The standard InChI is InChI=1S/C28H29NO4/c1-28(31,19-13-15-20(32-2)16-14-19)26-12-7-17-29(26)27(30)33-18-25-23-10-5-3-8-21(23)22-9-4-6-11-24(22)25/h3-6,8-11,13-16,25-26,31H,7,12,17-18H2,1-2H3. The van der Waals surface area contributed by atoms with E-state index in [-0.39, 0.29) is 24.7 Å². The van der Waals surface area contributed by atoms with Gasteiger partial charge in [0.2, 0.25) is 0 Å². The third-order valence-corrected chi connectivity index (χ3v) is 7.15. The number of amides is 1. The summed E-state index contributed by atoms with van der Waals surface area (Å²) in [7, 11) is 1.61. The van der Waals surface area contributed by atoms with E-state index in [2.05, 4.69) is 24.3 Å². The van der Waals surface area contributed by atoms with Crippen LogP contribution in [0.4, 0.5) is 4.79 Å². The number of hydrogen-bond donors (Lipinski definition) is 1. The van der Waals surface area contributed by atoms with Crippen LogP contribution in [0.1, 0.15) is 42.4 Å². The van der Waals surface area contributed by atoms with Gasteiger partial charge < -0.3 is 19.5 Å². The van der Waals surface area contributed by atoms with Crippen LogP contribution in [0.5, 0.6) is 5.75 Å². The Hall–Kier alpha value is -3.31. The number of carbonyl (C=O) groups is 1. The Morgan fingerprint density at radius 1 is 1.00 bits per heavy atom. The van der Waals surface area contributed by atoms with Crippen molar-refractivity contribution in [1.82, 2.24) is 4.90 Å². The Kier molecular flexibility index (Phi) is 5.59. The average Bonchev–Trinajstić information content (AvgIpc) is 3.47. The van der Waals surface area contributed by atoms with Gasteiger partial charge >= 0.3 is 6.09 Å². The van der Waals surface area contributed by atoms with Crippen molar-refractivity contribution in [2.75, 3.05) is 20.3 Å². The lowest BCUT2D eigenvalue weighted by molar-refractivity contribution is -0.0228. The second-order valence-electron chi connectivity index (χ2n) is 9.03. The quantitative estimate of drug-likeness (QED) is 0.580. The first-order valence-corrected chi connectivity index (χ1v) is 11.5. The van der Waals surface area contributed by atoms with Gasteiger partial charge in [0.1, 0.15) is 18.0 Å². The van der Waals surface area contributed by atoms with Crippen LogP contribution in [-0.4, -0.2) is 42.4 Å². The van der Waals surface area contributed by atoms with E-state index in [1.807, 2.05) is 48.5 Å². The summed E-state index contributed by atoms with van der Waals surface area (Å²) in [4.78, 5) is 14.9. The number of aliphatic hydroxyl groups is 1. The molecule has 3 aromatic rings. The summed E-state index contributed by atoms with van der Waals surface area (Å²) in [5.74, 6) is 0.749. The molecule has 0 bridgehead atoms. The summed E-state index contributed by atoms with van der Waals surface area (Å²) in [6, 6.07) is 23.6. The Morgan fingerprint density at radius 2 is 1.61 bits per heavy atom. The number of nitrogens with zero attached hydrogens (tertiary/aromatic N) is 1. The fourth-order valence-corrected chi connectivity index (χ4v) is 5.37. The predicted octanol–water partition coefficient (Wildman–Crippen LogP) is 5.32. The molecule has 0 radical (unpaired) electrons. The summed E-state index contributed by atoms with van der Waals surface area (Å²) < 4.78 is 11.1. The van der Waals surface area contributed by atoms with Crippen molar-refractivity contribution < 1.29 is 19.4 Å². The Morgan fingerprint density at radius 3 is 2.21 bits per heavy atom. The maximum Gasteiger partial charge on any atom is 0.410 e. The molecule has 1 heterocycles. The van der Waals surface area contributed by atoms with Gasteiger partial charge in [-0.15, -0.1) is 0 Å². The van der Waals surface area contributed by atoms with Crippen molar-refractivity contribution in [2.24, 2.45) is 0 Å². The molecule has 170 valence electrons. The van der Waals surface area contributed by atoms with Crippen LogP contribution in [0.15, 0.2) is 72.8 Å². The van der Waals surface area contributed by atoms with Gasteiger partial charge in [-0.25, -0.2) is 4.79 Å². The molecule has 1 aliphatic heterocycles. The zero-order chi connectivity index (χ0) is 23.0. The maximum absolute atomic E-state index is 13.2. The van der Waals surface area contributed by atoms with E-state index in [9.17, 15) is 9.90 Å². The molecule has 3 aromatic carbocycles. The normalized spacial score (nSPS) is 19.0. The molecule has 5 rings (SSSR count). The Bertz CT molecular complexity index is 1110. The molecule has 5 heteroatoms. The van der Waals surface area contributed by atoms with Gasteiger partial charge in [0.25, 0.3) is 0 Å². The zero-order valence-electron chi connectivity index (χ0n) is 19.0. The molecule has 0 spiro atoms. The summed E-state index contributed by atoms with van der Waals surface area (Å²) in [6.07, 6.45) is 1.19. The lowest BCUT2D eigenvalue weighted by atomic mass is 9.86. The predicted molar refractivity (Wildman–Crippen MR) is 127 cm³/mol. The third-order valence-electron chi connectivity index (χ3n) is 7.15. The largest absolute Gasteiger partial charge is 0.497 e. The SMILES string of the molecule is COc1ccc(C(C)(O)C2CCCN2C(=O)OCC2c3ccccc3-c3ccccc32)cc1. The van der Waals surface area contributed by atoms with Crippen molar-refractivity contribution in [3.8, 4) is 16.9 Å². The first kappa shape index (κ1) is 21.5. The van der Waals surface area contributed by atoms with E-state index < -0.39 is 5.60 Å². The topological polar surface area (TPSA) is 59.0 Å². The molecule has 1 fully saturated rings. The van der Waals surface area contributed by atoms with E-state index in [1.165, 1.54) is 22.3 Å². The second kappa shape index (κ2) is 8.56. The maximum atomic E-state index is 13.2. The smallest absolute Gasteiger partial charge is 0.410 e. The van der Waals surface area contributed by atoms with Crippen molar-refractivity contribution in [3.05, 3.63) is 89.5 Å². The fraction of sp³-hybridized carbons (Fsp3) is 0.321. The number of rotatable bonds is 5. The molecule has 0 aromatic heterocycles. The van der Waals surface area contributed by atoms with E-state index in [1.54, 1.807) is 18.9 Å². The van der Waals surface area contributed by atoms with Gasteiger partial charge in [-0.2, -0.15) is 0 Å². The molecular formula is C28H29NO4. The average molecular weight is 444 g/mol. The molecule has 0 saturated carbocycles. The summed E-state index contributed by atoms with van der Waals surface area (Å²) >= 11 is 0. The van der Waals surface area contributed by atoms with Gasteiger partial charge in [0.05, 0.1) is 13.2 Å². The molecule has 1 saturated heterocycles. The fourth-order valence-electron chi connectivity index (χ4n) is 5.37. The van der Waals surface area contributed by atoms with Crippen molar-refractivity contribution in [1.29, 1.82) is 0 Å². The summed E-state index contributed by atoms with van der Waals surface area (Å²) in [6.45, 7) is 2.63. The minimum Gasteiger partial charge on any atom is -0.497 e. The van der Waals surface area contributed by atoms with Crippen LogP contribution < -0.4 is 4.74 Å². The van der Waals surface area contributed by atoms with E-state index in [0.29, 0.717) is 6.54 Å². The van der Waals surface area contributed by atoms with Crippen LogP contribution in [0, 0.1) is 0 Å². The van der Waals surface area contributed by atoms with Crippen molar-refractivity contribution >= 4 is 6.09 Å². The zero-order valence-corrected chi connectivity index (χ0v) is 19.0. The molecule has 1 N–H and O–H groups in total. The van der Waals surface area contributed by atoms with Gasteiger partial charge in [-0.3, -0.25) is 0 Å². The highest BCUT2D eigenvalue weighted by Crippen LogP contribution is 2.44. The van der Waals surface area contributed by atoms with E-state index >= 15 is 0 Å². The van der Waals surface area contributed by atoms with Crippen LogP contribution in [0.3, 0.4) is 0 Å². The molecule has 5 nitrogen and oxygen atoms in total. The summed E-state index contributed by atoms with van der Waals surface area (Å²) in [5, 5.41) is 11.4.